The minimum Gasteiger partial charge on any atom is -0.372 e. The van der Waals surface area contributed by atoms with Crippen molar-refractivity contribution in [2.45, 2.75) is 32.0 Å². The van der Waals surface area contributed by atoms with Gasteiger partial charge in [-0.2, -0.15) is 19.9 Å². The maximum atomic E-state index is 11.6. The molecule has 1 fully saturated rings. The molecule has 0 aromatic carbocycles. The smallest absolute Gasteiger partial charge is 0.224 e. The molecule has 1 saturated carbocycles. The van der Waals surface area contributed by atoms with Gasteiger partial charge in [0, 0.05) is 26.2 Å². The number of nitrogen functional groups attached to an aromatic ring is 2. The SMILES string of the molecule is CNc1nc(N)nc2c1ncn2CCOCP(C)(C)=O.CP(C)(=O)COCCn1cnc2c(NC3CC3)nc(N)nc21. The highest BCUT2D eigenvalue weighted by Crippen LogP contribution is 2.36. The van der Waals surface area contributed by atoms with Gasteiger partial charge in [0.15, 0.2) is 34.0 Å². The highest BCUT2D eigenvalue weighted by atomic mass is 31.2. The van der Waals surface area contributed by atoms with Crippen molar-refractivity contribution in [1.82, 2.24) is 39.0 Å². The number of nitrogens with one attached hydrogen (secondary N) is 2. The van der Waals surface area contributed by atoms with Crippen molar-refractivity contribution >= 4 is 60.1 Å². The van der Waals surface area contributed by atoms with Crippen LogP contribution in [0.15, 0.2) is 12.7 Å². The number of hydrogen-bond acceptors (Lipinski definition) is 14. The van der Waals surface area contributed by atoms with Crippen molar-refractivity contribution in [2.75, 3.05) is 81.7 Å². The number of hydrogen-bond donors (Lipinski definition) is 4. The van der Waals surface area contributed by atoms with Gasteiger partial charge in [0.25, 0.3) is 0 Å². The second kappa shape index (κ2) is 13.3. The average Bonchev–Trinajstić information content (AvgIpc) is 3.48. The Labute approximate surface area is 244 Å². The highest BCUT2D eigenvalue weighted by Gasteiger charge is 2.24. The first-order valence-corrected chi connectivity index (χ1v) is 19.0. The summed E-state index contributed by atoms with van der Waals surface area (Å²) in [6, 6.07) is 0.467. The van der Waals surface area contributed by atoms with Crippen molar-refractivity contribution in [3.05, 3.63) is 12.7 Å². The Morgan fingerprint density at radius 1 is 0.810 bits per heavy atom. The molecule has 4 heterocycles. The molecule has 0 unspecified atom stereocenters. The molecular formula is C24H40N12O4P2. The number of rotatable bonds is 13. The molecule has 4 aromatic rings. The van der Waals surface area contributed by atoms with Crippen molar-refractivity contribution < 1.29 is 18.6 Å². The number of imidazole rings is 2. The van der Waals surface area contributed by atoms with E-state index in [9.17, 15) is 9.13 Å². The first-order valence-electron chi connectivity index (χ1n) is 13.5. The van der Waals surface area contributed by atoms with Gasteiger partial charge in [-0.05, 0) is 39.5 Å². The second-order valence-electron chi connectivity index (χ2n) is 11.0. The zero-order chi connectivity index (χ0) is 30.5. The van der Waals surface area contributed by atoms with Gasteiger partial charge in [-0.3, -0.25) is 0 Å². The van der Waals surface area contributed by atoms with Crippen LogP contribution in [0.1, 0.15) is 12.8 Å². The largest absolute Gasteiger partial charge is 0.372 e. The van der Waals surface area contributed by atoms with Crippen molar-refractivity contribution in [3.8, 4) is 0 Å². The van der Waals surface area contributed by atoms with Crippen molar-refractivity contribution in [1.29, 1.82) is 0 Å². The topological polar surface area (TPSA) is 216 Å². The average molecular weight is 623 g/mol. The van der Waals surface area contributed by atoms with Gasteiger partial charge < -0.3 is 49.8 Å². The van der Waals surface area contributed by atoms with E-state index in [2.05, 4.69) is 40.5 Å². The van der Waals surface area contributed by atoms with Crippen LogP contribution in [0.2, 0.25) is 0 Å². The number of aromatic nitrogens is 8. The number of nitrogens with two attached hydrogens (primary N) is 2. The molecule has 6 N–H and O–H groups in total. The van der Waals surface area contributed by atoms with E-state index in [1.807, 2.05) is 9.13 Å². The van der Waals surface area contributed by atoms with Crippen LogP contribution < -0.4 is 22.1 Å². The molecule has 1 aliphatic rings. The third-order valence-electron chi connectivity index (χ3n) is 5.87. The summed E-state index contributed by atoms with van der Waals surface area (Å²) >= 11 is 0. The van der Waals surface area contributed by atoms with E-state index in [4.69, 9.17) is 20.9 Å². The van der Waals surface area contributed by atoms with E-state index in [1.54, 1.807) is 46.4 Å². The summed E-state index contributed by atoms with van der Waals surface area (Å²) in [7, 11) is -2.54. The fourth-order valence-corrected chi connectivity index (χ4v) is 4.98. The summed E-state index contributed by atoms with van der Waals surface area (Å²) in [5, 5.41) is 6.26. The predicted molar refractivity (Wildman–Crippen MR) is 166 cm³/mol. The molecule has 0 saturated heterocycles. The lowest BCUT2D eigenvalue weighted by Crippen LogP contribution is -2.09. The van der Waals surface area contributed by atoms with E-state index in [0.29, 0.717) is 60.8 Å². The summed E-state index contributed by atoms with van der Waals surface area (Å²) in [4.78, 5) is 25.4. The standard InChI is InChI=1S/C13H21N6O2P.C11H19N6O2P/c1-22(2,20)8-21-6-5-19-7-15-10-11(16-9-3-4-9)17-13(14)18-12(10)19;1-13-9-8-10(16-11(12)15-9)17(6-14-8)4-5-19-7-20(2,3)18/h7,9H,3-6,8H2,1-2H3,(H3,14,16,17,18);6H,4-5,7H2,1-3H3,(H3,12,13,15,16). The minimum absolute atomic E-state index is 0.191. The molecule has 0 atom stereocenters. The fourth-order valence-electron chi connectivity index (χ4n) is 3.84. The van der Waals surface area contributed by atoms with Crippen LogP contribution in [0.3, 0.4) is 0 Å². The lowest BCUT2D eigenvalue weighted by Gasteiger charge is -2.09. The van der Waals surface area contributed by atoms with Gasteiger partial charge in [0.2, 0.25) is 11.9 Å². The van der Waals surface area contributed by atoms with E-state index in [1.165, 1.54) is 0 Å². The van der Waals surface area contributed by atoms with E-state index < -0.39 is 14.3 Å². The van der Waals surface area contributed by atoms with Crippen LogP contribution in [-0.2, 0) is 31.7 Å². The third kappa shape index (κ3) is 9.09. The first kappa shape index (κ1) is 31.6. The van der Waals surface area contributed by atoms with Gasteiger partial charge >= 0.3 is 0 Å². The second-order valence-corrected chi connectivity index (χ2v) is 17.8. The lowest BCUT2D eigenvalue weighted by molar-refractivity contribution is 0.167. The van der Waals surface area contributed by atoms with E-state index >= 15 is 0 Å². The van der Waals surface area contributed by atoms with Crippen LogP contribution >= 0.6 is 14.3 Å². The van der Waals surface area contributed by atoms with E-state index in [0.717, 1.165) is 18.4 Å². The van der Waals surface area contributed by atoms with E-state index in [-0.39, 0.29) is 24.6 Å². The molecule has 16 nitrogen and oxygen atoms in total. The summed E-state index contributed by atoms with van der Waals surface area (Å²) in [5.74, 6) is 1.70. The maximum absolute atomic E-state index is 11.6. The number of nitrogens with zero attached hydrogens (tertiary/aromatic N) is 8. The molecule has 0 aliphatic heterocycles. The number of fused-ring (bicyclic) bond motifs is 2. The number of ether oxygens (including phenoxy) is 2. The Hall–Kier alpha value is -3.32. The van der Waals surface area contributed by atoms with Crippen LogP contribution in [-0.4, -0.2) is 105 Å². The molecule has 18 heteroatoms. The number of anilines is 4. The minimum atomic E-state index is -2.15. The Morgan fingerprint density at radius 3 is 1.69 bits per heavy atom. The van der Waals surface area contributed by atoms with Gasteiger partial charge in [-0.25, -0.2) is 9.97 Å². The molecule has 4 aromatic heterocycles. The van der Waals surface area contributed by atoms with Crippen LogP contribution in [0.5, 0.6) is 0 Å². The molecule has 0 bridgehead atoms. The molecular weight excluding hydrogens is 582 g/mol. The Balaban J connectivity index is 0.000000194. The first-order chi connectivity index (χ1) is 19.8. The lowest BCUT2D eigenvalue weighted by atomic mass is 10.4. The molecule has 230 valence electrons. The summed E-state index contributed by atoms with van der Waals surface area (Å²) in [6.07, 6.45) is 6.23. The third-order valence-corrected chi connectivity index (χ3v) is 7.48. The summed E-state index contributed by atoms with van der Waals surface area (Å²) < 4.78 is 37.7. The Kier molecular flexibility index (Phi) is 10.0. The zero-order valence-corrected chi connectivity index (χ0v) is 26.4. The maximum Gasteiger partial charge on any atom is 0.224 e. The molecule has 0 radical (unpaired) electrons. The highest BCUT2D eigenvalue weighted by molar-refractivity contribution is 7.62. The van der Waals surface area contributed by atoms with Crippen LogP contribution in [0.25, 0.3) is 22.3 Å². The van der Waals surface area contributed by atoms with Gasteiger partial charge in [0.05, 0.1) is 38.6 Å². The molecule has 0 amide bonds. The summed E-state index contributed by atoms with van der Waals surface area (Å²) in [5.41, 5.74) is 14.2. The van der Waals surface area contributed by atoms with Crippen molar-refractivity contribution in [2.24, 2.45) is 0 Å². The fraction of sp³-hybridized carbons (Fsp3) is 0.583. The zero-order valence-electron chi connectivity index (χ0n) is 24.6. The molecule has 42 heavy (non-hydrogen) atoms. The van der Waals surface area contributed by atoms with Crippen LogP contribution in [0, 0.1) is 0 Å². The quantitative estimate of drug-likeness (QED) is 0.125. The van der Waals surface area contributed by atoms with Gasteiger partial charge in [-0.15, -0.1) is 0 Å². The monoisotopic (exact) mass is 622 g/mol. The normalized spacial score (nSPS) is 13.7. The Bertz CT molecular complexity index is 1610. The molecule has 1 aliphatic carbocycles. The summed E-state index contributed by atoms with van der Waals surface area (Å²) in [6.45, 7) is 8.86. The Morgan fingerprint density at radius 2 is 1.26 bits per heavy atom. The van der Waals surface area contributed by atoms with Crippen LogP contribution in [0.4, 0.5) is 23.5 Å². The predicted octanol–water partition coefficient (Wildman–Crippen LogP) is 2.63. The molecule has 5 rings (SSSR count). The molecule has 0 spiro atoms. The van der Waals surface area contributed by atoms with Gasteiger partial charge in [0.1, 0.15) is 14.3 Å². The van der Waals surface area contributed by atoms with Gasteiger partial charge in [-0.1, -0.05) is 0 Å². The van der Waals surface area contributed by atoms with Crippen molar-refractivity contribution in [3.63, 3.8) is 0 Å².